The minimum atomic E-state index is -0.520. The number of thiocarbonyl (C=S) groups is 1. The van der Waals surface area contributed by atoms with Crippen molar-refractivity contribution < 1.29 is 19.1 Å². The fraction of sp³-hybridized carbons (Fsp3) is 0.348. The van der Waals surface area contributed by atoms with Gasteiger partial charge < -0.3 is 14.4 Å². The third kappa shape index (κ3) is 5.26. The highest BCUT2D eigenvalue weighted by atomic mass is 35.5. The van der Waals surface area contributed by atoms with Gasteiger partial charge in [0, 0.05) is 24.5 Å². The fourth-order valence-corrected chi connectivity index (χ4v) is 5.39. The van der Waals surface area contributed by atoms with Gasteiger partial charge in [0.05, 0.1) is 17.9 Å². The van der Waals surface area contributed by atoms with Crippen LogP contribution in [0.5, 0.6) is 11.5 Å². The molecule has 2 aliphatic rings. The van der Waals surface area contributed by atoms with E-state index in [1.165, 1.54) is 16.7 Å². The lowest BCUT2D eigenvalue weighted by Crippen LogP contribution is -2.47. The maximum Gasteiger partial charge on any atom is 0.247 e. The number of nitrogens with zero attached hydrogens (tertiary/aromatic N) is 2. The number of imide groups is 1. The lowest BCUT2D eigenvalue weighted by atomic mass is 10.2. The van der Waals surface area contributed by atoms with E-state index in [0.717, 1.165) is 0 Å². The first-order valence-corrected chi connectivity index (χ1v) is 12.0. The zero-order valence-corrected chi connectivity index (χ0v) is 20.1. The molecule has 2 aliphatic heterocycles. The van der Waals surface area contributed by atoms with Crippen LogP contribution in [0.15, 0.2) is 48.5 Å². The smallest absolute Gasteiger partial charge is 0.247 e. The van der Waals surface area contributed by atoms with Crippen LogP contribution in [0.2, 0.25) is 5.02 Å². The highest BCUT2D eigenvalue weighted by Crippen LogP contribution is 2.33. The molecule has 6 nitrogen and oxygen atoms in total. The molecule has 2 aromatic rings. The summed E-state index contributed by atoms with van der Waals surface area (Å²) in [5, 5.41) is 0.108. The third-order valence-electron chi connectivity index (χ3n) is 5.17. The Kier molecular flexibility index (Phi) is 7.05. The summed E-state index contributed by atoms with van der Waals surface area (Å²) < 4.78 is 12.2. The van der Waals surface area contributed by atoms with Crippen molar-refractivity contribution in [2.24, 2.45) is 0 Å². The summed E-state index contributed by atoms with van der Waals surface area (Å²) in [5.41, 5.74) is 0.520. The molecule has 32 heavy (non-hydrogen) atoms. The Labute approximate surface area is 201 Å². The average Bonchev–Trinajstić information content (AvgIpc) is 3.02. The van der Waals surface area contributed by atoms with E-state index in [-0.39, 0.29) is 30.4 Å². The van der Waals surface area contributed by atoms with E-state index in [2.05, 4.69) is 4.90 Å². The minimum absolute atomic E-state index is 0.0725. The molecule has 0 aliphatic carbocycles. The molecule has 0 spiro atoms. The Morgan fingerprint density at radius 2 is 1.59 bits per heavy atom. The zero-order valence-electron chi connectivity index (χ0n) is 17.7. The van der Waals surface area contributed by atoms with E-state index in [4.69, 9.17) is 33.3 Å². The summed E-state index contributed by atoms with van der Waals surface area (Å²) in [5.74, 6) is 0.762. The molecule has 3 atom stereocenters. The van der Waals surface area contributed by atoms with Gasteiger partial charge in [0.2, 0.25) is 11.8 Å². The number of benzene rings is 2. The first-order chi connectivity index (χ1) is 15.3. The summed E-state index contributed by atoms with van der Waals surface area (Å²) in [6, 6.07) is 13.9. The molecule has 2 amide bonds. The van der Waals surface area contributed by atoms with Crippen LogP contribution in [0.4, 0.5) is 5.69 Å². The highest BCUT2D eigenvalue weighted by Gasteiger charge is 2.41. The molecule has 0 radical (unpaired) electrons. The average molecular weight is 491 g/mol. The first kappa shape index (κ1) is 23.0. The summed E-state index contributed by atoms with van der Waals surface area (Å²) in [7, 11) is 0. The highest BCUT2D eigenvalue weighted by molar-refractivity contribution is 8.23. The maximum atomic E-state index is 13.0. The minimum Gasteiger partial charge on any atom is -0.457 e. The standard InChI is InChI=1S/C23H23ClN2O4S2/c1-14-12-25(13-15(2)29-14)23(31)32-20-11-21(27)26(22(20)28)17-5-9-19(10-6-17)30-18-7-3-16(24)4-8-18/h3-10,14-15,20H,11-13H2,1-2H3. The SMILES string of the molecule is CC1CN(C(=S)SC2CC(=O)N(c3ccc(Oc4ccc(Cl)cc4)cc3)C2=O)CC(C)O1. The number of anilines is 1. The largest absolute Gasteiger partial charge is 0.457 e. The van der Waals surface area contributed by atoms with Crippen LogP contribution >= 0.6 is 35.6 Å². The molecule has 0 aromatic heterocycles. The predicted molar refractivity (Wildman–Crippen MR) is 131 cm³/mol. The lowest BCUT2D eigenvalue weighted by Gasteiger charge is -2.36. The Balaban J connectivity index is 1.40. The number of thioether (sulfide) groups is 1. The van der Waals surface area contributed by atoms with Gasteiger partial charge in [0.25, 0.3) is 0 Å². The Morgan fingerprint density at radius 3 is 2.19 bits per heavy atom. The fourth-order valence-electron chi connectivity index (χ4n) is 3.79. The van der Waals surface area contributed by atoms with Gasteiger partial charge in [-0.1, -0.05) is 35.6 Å². The van der Waals surface area contributed by atoms with Crippen molar-refractivity contribution in [2.45, 2.75) is 37.7 Å². The number of amides is 2. The van der Waals surface area contributed by atoms with Gasteiger partial charge >= 0.3 is 0 Å². The molecule has 2 saturated heterocycles. The van der Waals surface area contributed by atoms with Crippen LogP contribution in [-0.2, 0) is 14.3 Å². The Bertz CT molecular complexity index is 1010. The molecule has 2 aromatic carbocycles. The summed E-state index contributed by atoms with van der Waals surface area (Å²) >= 11 is 12.8. The van der Waals surface area contributed by atoms with Crippen LogP contribution in [0.25, 0.3) is 0 Å². The number of morpholine rings is 1. The molecule has 0 bridgehead atoms. The number of rotatable bonds is 4. The molecule has 0 saturated carbocycles. The number of hydrogen-bond acceptors (Lipinski definition) is 6. The maximum absolute atomic E-state index is 13.0. The van der Waals surface area contributed by atoms with Gasteiger partial charge in [-0.05, 0) is 62.4 Å². The number of hydrogen-bond donors (Lipinski definition) is 0. The molecular weight excluding hydrogens is 468 g/mol. The molecule has 4 rings (SSSR count). The number of carbonyl (C=O) groups excluding carboxylic acids is 2. The second-order valence-corrected chi connectivity index (χ2v) is 10.1. The van der Waals surface area contributed by atoms with E-state index in [1.54, 1.807) is 48.5 Å². The number of ether oxygens (including phenoxy) is 2. The van der Waals surface area contributed by atoms with Crippen LogP contribution < -0.4 is 9.64 Å². The lowest BCUT2D eigenvalue weighted by molar-refractivity contribution is -0.121. The van der Waals surface area contributed by atoms with Crippen molar-refractivity contribution in [2.75, 3.05) is 18.0 Å². The first-order valence-electron chi connectivity index (χ1n) is 10.3. The molecule has 3 unspecified atom stereocenters. The number of carbonyl (C=O) groups is 2. The van der Waals surface area contributed by atoms with Crippen LogP contribution in [0.3, 0.4) is 0 Å². The van der Waals surface area contributed by atoms with E-state index in [9.17, 15) is 9.59 Å². The van der Waals surface area contributed by atoms with Gasteiger partial charge in [-0.3, -0.25) is 9.59 Å². The van der Waals surface area contributed by atoms with Crippen molar-refractivity contribution >= 4 is 57.4 Å². The number of halogens is 1. The van der Waals surface area contributed by atoms with Gasteiger partial charge in [0.1, 0.15) is 21.1 Å². The summed E-state index contributed by atoms with van der Waals surface area (Å²) in [4.78, 5) is 28.9. The van der Waals surface area contributed by atoms with Crippen molar-refractivity contribution in [3.63, 3.8) is 0 Å². The van der Waals surface area contributed by atoms with Crippen LogP contribution in [-0.4, -0.2) is 51.6 Å². The third-order valence-corrected chi connectivity index (χ3v) is 7.08. The summed E-state index contributed by atoms with van der Waals surface area (Å²) in [6.45, 7) is 5.37. The van der Waals surface area contributed by atoms with E-state index in [1.807, 2.05) is 13.8 Å². The quantitative estimate of drug-likeness (QED) is 0.446. The van der Waals surface area contributed by atoms with Gasteiger partial charge in [-0.15, -0.1) is 0 Å². The molecule has 2 fully saturated rings. The van der Waals surface area contributed by atoms with Crippen LogP contribution in [0.1, 0.15) is 20.3 Å². The van der Waals surface area contributed by atoms with Crippen molar-refractivity contribution in [3.05, 3.63) is 53.6 Å². The second-order valence-electron chi connectivity index (χ2n) is 7.86. The monoisotopic (exact) mass is 490 g/mol. The molecular formula is C23H23ClN2O4S2. The summed E-state index contributed by atoms with van der Waals surface area (Å²) in [6.07, 6.45) is 0.272. The van der Waals surface area contributed by atoms with Gasteiger partial charge in [-0.2, -0.15) is 0 Å². The topological polar surface area (TPSA) is 59.1 Å². The van der Waals surface area contributed by atoms with Gasteiger partial charge in [0.15, 0.2) is 0 Å². The van der Waals surface area contributed by atoms with Crippen LogP contribution in [0, 0.1) is 0 Å². The Hall–Kier alpha value is -2.13. The predicted octanol–water partition coefficient (Wildman–Crippen LogP) is 4.89. The molecule has 9 heteroatoms. The van der Waals surface area contributed by atoms with E-state index in [0.29, 0.717) is 39.6 Å². The molecule has 168 valence electrons. The van der Waals surface area contributed by atoms with Crippen molar-refractivity contribution in [1.29, 1.82) is 0 Å². The molecule has 2 heterocycles. The normalized spacial score (nSPS) is 23.5. The van der Waals surface area contributed by atoms with E-state index >= 15 is 0 Å². The second kappa shape index (κ2) is 9.79. The van der Waals surface area contributed by atoms with Gasteiger partial charge in [-0.25, -0.2) is 4.90 Å². The van der Waals surface area contributed by atoms with E-state index < -0.39 is 5.25 Å². The van der Waals surface area contributed by atoms with Crippen molar-refractivity contribution in [3.8, 4) is 11.5 Å². The zero-order chi connectivity index (χ0) is 22.8. The van der Waals surface area contributed by atoms with Crippen molar-refractivity contribution in [1.82, 2.24) is 4.90 Å². The molecule has 0 N–H and O–H groups in total. The Morgan fingerprint density at radius 1 is 1.03 bits per heavy atom.